The second-order valence-corrected chi connectivity index (χ2v) is 9.89. The molecule has 1 aliphatic heterocycles. The van der Waals surface area contributed by atoms with Gasteiger partial charge >= 0.3 is 0 Å². The third-order valence-corrected chi connectivity index (χ3v) is 7.29. The molecule has 0 bridgehead atoms. The minimum Gasteiger partial charge on any atom is -0.507 e. The van der Waals surface area contributed by atoms with Crippen molar-refractivity contribution < 1.29 is 24.2 Å². The highest BCUT2D eigenvalue weighted by atomic mass is 79.9. The standard InChI is InChI=1S/C30H27BrN2O5/c1-3-38-22-10-6-19(7-11-22)28(34)26-27(18-4-8-21(31)9-5-18)33(30(36)29(26)35)15-14-20-17-32-25-13-12-23(37-2)16-24(20)25/h4-13,16-17,27,32,34H,3,14-15H2,1-2H3/t27-/m1/s1. The molecule has 4 aromatic rings. The van der Waals surface area contributed by atoms with Crippen LogP contribution in [-0.2, 0) is 16.0 Å². The number of fused-ring (bicyclic) bond motifs is 1. The van der Waals surface area contributed by atoms with Crippen molar-refractivity contribution in [3.63, 3.8) is 0 Å². The summed E-state index contributed by atoms with van der Waals surface area (Å²) in [6, 6.07) is 19.3. The van der Waals surface area contributed by atoms with Crippen molar-refractivity contribution >= 4 is 44.3 Å². The number of ether oxygens (including phenoxy) is 2. The second kappa shape index (κ2) is 10.8. The van der Waals surface area contributed by atoms with E-state index in [9.17, 15) is 14.7 Å². The van der Waals surface area contributed by atoms with Gasteiger partial charge in [0.1, 0.15) is 17.3 Å². The Labute approximate surface area is 228 Å². The number of aliphatic hydroxyl groups excluding tert-OH is 1. The van der Waals surface area contributed by atoms with Crippen LogP contribution in [0.2, 0.25) is 0 Å². The van der Waals surface area contributed by atoms with Gasteiger partial charge in [0, 0.05) is 33.7 Å². The van der Waals surface area contributed by atoms with Crippen molar-refractivity contribution in [1.29, 1.82) is 0 Å². The largest absolute Gasteiger partial charge is 0.507 e. The van der Waals surface area contributed by atoms with Crippen LogP contribution in [0.3, 0.4) is 0 Å². The number of aromatic amines is 1. The first-order chi connectivity index (χ1) is 18.4. The van der Waals surface area contributed by atoms with Crippen LogP contribution in [0.1, 0.15) is 29.7 Å². The number of hydrogen-bond donors (Lipinski definition) is 2. The monoisotopic (exact) mass is 574 g/mol. The van der Waals surface area contributed by atoms with Gasteiger partial charge in [-0.3, -0.25) is 9.59 Å². The quantitative estimate of drug-likeness (QED) is 0.153. The molecule has 0 unspecified atom stereocenters. The first kappa shape index (κ1) is 25.6. The minimum atomic E-state index is -0.727. The number of aromatic nitrogens is 1. The number of carbonyl (C=O) groups excluding carboxylic acids is 2. The van der Waals surface area contributed by atoms with Crippen molar-refractivity contribution in [1.82, 2.24) is 9.88 Å². The highest BCUT2D eigenvalue weighted by Crippen LogP contribution is 2.40. The number of rotatable bonds is 8. The minimum absolute atomic E-state index is 0.0714. The lowest BCUT2D eigenvalue weighted by Gasteiger charge is -2.25. The molecule has 1 aliphatic rings. The zero-order valence-corrected chi connectivity index (χ0v) is 22.6. The molecule has 0 aliphatic carbocycles. The van der Waals surface area contributed by atoms with Gasteiger partial charge in [-0.2, -0.15) is 0 Å². The molecule has 1 saturated heterocycles. The number of nitrogens with one attached hydrogen (secondary N) is 1. The number of likely N-dealkylation sites (tertiary alicyclic amines) is 1. The highest BCUT2D eigenvalue weighted by molar-refractivity contribution is 9.10. The number of H-pyrrole nitrogens is 1. The molecule has 38 heavy (non-hydrogen) atoms. The van der Waals surface area contributed by atoms with Crippen molar-refractivity contribution in [3.8, 4) is 11.5 Å². The first-order valence-electron chi connectivity index (χ1n) is 12.3. The van der Waals surface area contributed by atoms with E-state index >= 15 is 0 Å². The molecule has 3 aromatic carbocycles. The maximum Gasteiger partial charge on any atom is 0.295 e. The lowest BCUT2D eigenvalue weighted by Crippen LogP contribution is -2.31. The SMILES string of the molecule is CCOc1ccc(C(O)=C2C(=O)C(=O)N(CCc3c[nH]c4ccc(OC)cc34)[C@@H]2c2ccc(Br)cc2)cc1. The average molecular weight is 575 g/mol. The molecule has 0 spiro atoms. The predicted molar refractivity (Wildman–Crippen MR) is 149 cm³/mol. The predicted octanol–water partition coefficient (Wildman–Crippen LogP) is 6.00. The molecule has 1 atom stereocenters. The van der Waals surface area contributed by atoms with Gasteiger partial charge in [-0.05, 0) is 79.1 Å². The molecular weight excluding hydrogens is 548 g/mol. The van der Waals surface area contributed by atoms with Gasteiger partial charge < -0.3 is 24.5 Å². The summed E-state index contributed by atoms with van der Waals surface area (Å²) in [5.74, 6) is -0.153. The Morgan fingerprint density at radius 2 is 1.74 bits per heavy atom. The second-order valence-electron chi connectivity index (χ2n) is 8.98. The molecule has 8 heteroatoms. The van der Waals surface area contributed by atoms with Crippen LogP contribution in [0.4, 0.5) is 0 Å². The van der Waals surface area contributed by atoms with Crippen LogP contribution in [-0.4, -0.2) is 46.9 Å². The summed E-state index contributed by atoms with van der Waals surface area (Å²) >= 11 is 3.45. The van der Waals surface area contributed by atoms with Crippen molar-refractivity contribution in [2.45, 2.75) is 19.4 Å². The number of hydrogen-bond acceptors (Lipinski definition) is 5. The summed E-state index contributed by atoms with van der Waals surface area (Å²) in [6.07, 6.45) is 2.42. The number of amides is 1. The van der Waals surface area contributed by atoms with Gasteiger partial charge in [0.15, 0.2) is 0 Å². The van der Waals surface area contributed by atoms with Crippen LogP contribution < -0.4 is 9.47 Å². The summed E-state index contributed by atoms with van der Waals surface area (Å²) in [7, 11) is 1.62. The average Bonchev–Trinajstić information content (AvgIpc) is 3.45. The Hall–Kier alpha value is -4.04. The fourth-order valence-corrected chi connectivity index (χ4v) is 5.13. The zero-order chi connectivity index (χ0) is 26.8. The summed E-state index contributed by atoms with van der Waals surface area (Å²) in [5, 5.41) is 12.3. The van der Waals surface area contributed by atoms with E-state index in [2.05, 4.69) is 20.9 Å². The number of carbonyl (C=O) groups is 2. The van der Waals surface area contributed by atoms with E-state index in [4.69, 9.17) is 9.47 Å². The number of aliphatic hydroxyl groups is 1. The number of halogens is 1. The third-order valence-electron chi connectivity index (χ3n) is 6.76. The molecule has 194 valence electrons. The van der Waals surface area contributed by atoms with E-state index in [1.54, 1.807) is 36.3 Å². The topological polar surface area (TPSA) is 91.9 Å². The zero-order valence-electron chi connectivity index (χ0n) is 21.0. The number of Topliss-reactive ketones (excluding diaryl/α,β-unsaturated/α-hetero) is 1. The molecule has 0 saturated carbocycles. The summed E-state index contributed by atoms with van der Waals surface area (Å²) in [5.41, 5.74) is 3.21. The van der Waals surface area contributed by atoms with Crippen molar-refractivity contribution in [2.24, 2.45) is 0 Å². The Kier molecular flexibility index (Phi) is 7.24. The fraction of sp³-hybridized carbons (Fsp3) is 0.200. The lowest BCUT2D eigenvalue weighted by molar-refractivity contribution is -0.139. The molecule has 2 heterocycles. The van der Waals surface area contributed by atoms with E-state index in [0.29, 0.717) is 24.3 Å². The van der Waals surface area contributed by atoms with Crippen LogP contribution in [0.25, 0.3) is 16.7 Å². The van der Waals surface area contributed by atoms with E-state index in [1.807, 2.05) is 55.6 Å². The van der Waals surface area contributed by atoms with Crippen LogP contribution in [0.5, 0.6) is 11.5 Å². The number of nitrogens with zero attached hydrogens (tertiary/aromatic N) is 1. The number of benzene rings is 3. The lowest BCUT2D eigenvalue weighted by atomic mass is 9.95. The Balaban J connectivity index is 1.53. The fourth-order valence-electron chi connectivity index (χ4n) is 4.87. The Morgan fingerprint density at radius 3 is 2.42 bits per heavy atom. The smallest absolute Gasteiger partial charge is 0.295 e. The molecule has 7 nitrogen and oxygen atoms in total. The van der Waals surface area contributed by atoms with Gasteiger partial charge in [0.25, 0.3) is 11.7 Å². The molecule has 1 fully saturated rings. The summed E-state index contributed by atoms with van der Waals surface area (Å²) < 4.78 is 11.7. The van der Waals surface area contributed by atoms with E-state index in [-0.39, 0.29) is 17.9 Å². The van der Waals surface area contributed by atoms with Gasteiger partial charge in [0.2, 0.25) is 0 Å². The van der Waals surface area contributed by atoms with E-state index in [0.717, 1.165) is 32.3 Å². The Morgan fingerprint density at radius 1 is 1.03 bits per heavy atom. The van der Waals surface area contributed by atoms with E-state index in [1.165, 1.54) is 0 Å². The molecular formula is C30H27BrN2O5. The van der Waals surface area contributed by atoms with Crippen molar-refractivity contribution in [3.05, 3.63) is 99.7 Å². The first-order valence-corrected chi connectivity index (χ1v) is 13.1. The van der Waals surface area contributed by atoms with Crippen LogP contribution in [0, 0.1) is 0 Å². The molecule has 5 rings (SSSR count). The van der Waals surface area contributed by atoms with Crippen LogP contribution in [0.15, 0.2) is 83.0 Å². The van der Waals surface area contributed by atoms with Gasteiger partial charge in [-0.1, -0.05) is 28.1 Å². The highest BCUT2D eigenvalue weighted by Gasteiger charge is 2.45. The van der Waals surface area contributed by atoms with E-state index < -0.39 is 17.7 Å². The van der Waals surface area contributed by atoms with Gasteiger partial charge in [-0.15, -0.1) is 0 Å². The third kappa shape index (κ3) is 4.79. The maximum atomic E-state index is 13.3. The Bertz CT molecular complexity index is 1520. The number of methoxy groups -OCH3 is 1. The van der Waals surface area contributed by atoms with Crippen LogP contribution >= 0.6 is 15.9 Å². The maximum absolute atomic E-state index is 13.3. The normalized spacial score (nSPS) is 16.8. The summed E-state index contributed by atoms with van der Waals surface area (Å²) in [6.45, 7) is 2.69. The van der Waals surface area contributed by atoms with Crippen molar-refractivity contribution in [2.75, 3.05) is 20.3 Å². The molecule has 1 amide bonds. The van der Waals surface area contributed by atoms with Gasteiger partial charge in [-0.25, -0.2) is 0 Å². The summed E-state index contributed by atoms with van der Waals surface area (Å²) in [4.78, 5) is 31.5. The molecule has 1 aromatic heterocycles. The van der Waals surface area contributed by atoms with Gasteiger partial charge in [0.05, 0.1) is 25.3 Å². The molecule has 2 N–H and O–H groups in total. The number of ketones is 1. The molecule has 0 radical (unpaired) electrons.